The number of carbonyl (C=O) groups is 1. The van der Waals surface area contributed by atoms with Crippen LogP contribution in [0.5, 0.6) is 0 Å². The number of aromatic nitrogens is 1. The van der Waals surface area contributed by atoms with Gasteiger partial charge in [0.15, 0.2) is 0 Å². The number of alkyl halides is 3. The highest BCUT2D eigenvalue weighted by atomic mass is 19.4. The normalized spacial score (nSPS) is 16.0. The number of anilines is 1. The first-order valence-corrected chi connectivity index (χ1v) is 9.39. The zero-order valence-corrected chi connectivity index (χ0v) is 15.8. The Labute approximate surface area is 166 Å². The average Bonchev–Trinajstić information content (AvgIpc) is 3.12. The smallest absolute Gasteiger partial charge is 0.318 e. The van der Waals surface area contributed by atoms with Crippen molar-refractivity contribution < 1.29 is 18.0 Å². The predicted molar refractivity (Wildman–Crippen MR) is 105 cm³/mol. The van der Waals surface area contributed by atoms with Gasteiger partial charge in [0.05, 0.1) is 29.5 Å². The van der Waals surface area contributed by atoms with Crippen LogP contribution >= 0.6 is 0 Å². The molecule has 2 amide bonds. The van der Waals surface area contributed by atoms with Gasteiger partial charge < -0.3 is 14.8 Å². The van der Waals surface area contributed by atoms with Gasteiger partial charge in [0.1, 0.15) is 0 Å². The zero-order valence-electron chi connectivity index (χ0n) is 15.8. The summed E-state index contributed by atoms with van der Waals surface area (Å²) in [5.41, 5.74) is 1.72. The molecule has 7 heteroatoms. The summed E-state index contributed by atoms with van der Waals surface area (Å²) in [6.45, 7) is 2.26. The number of benzene rings is 2. The van der Waals surface area contributed by atoms with Gasteiger partial charge in [-0.2, -0.15) is 13.2 Å². The Morgan fingerprint density at radius 3 is 2.55 bits per heavy atom. The summed E-state index contributed by atoms with van der Waals surface area (Å²) < 4.78 is 42.0. The molecule has 2 heterocycles. The minimum absolute atomic E-state index is 0.243. The van der Waals surface area contributed by atoms with Crippen LogP contribution < -0.4 is 5.32 Å². The van der Waals surface area contributed by atoms with Crippen molar-refractivity contribution in [3.63, 3.8) is 0 Å². The number of hydrogen-bond acceptors (Lipinski definition) is 1. The van der Waals surface area contributed by atoms with E-state index in [9.17, 15) is 18.0 Å². The second-order valence-corrected chi connectivity index (χ2v) is 6.96. The van der Waals surface area contributed by atoms with Crippen molar-refractivity contribution in [3.05, 3.63) is 83.7 Å². The van der Waals surface area contributed by atoms with E-state index in [1.807, 2.05) is 54.1 Å². The summed E-state index contributed by atoms with van der Waals surface area (Å²) in [6.07, 6.45) is -1.97. The van der Waals surface area contributed by atoms with Gasteiger partial charge >= 0.3 is 12.2 Å². The number of amides is 2. The Kier molecular flexibility index (Phi) is 4.82. The molecule has 0 saturated carbocycles. The Balaban J connectivity index is 1.73. The number of hydrogen-bond donors (Lipinski definition) is 1. The molecule has 3 aromatic rings. The Morgan fingerprint density at radius 2 is 1.79 bits per heavy atom. The van der Waals surface area contributed by atoms with Gasteiger partial charge in [-0.25, -0.2) is 4.79 Å². The van der Waals surface area contributed by atoms with Crippen molar-refractivity contribution in [2.75, 3.05) is 5.32 Å². The minimum atomic E-state index is -4.55. The maximum Gasteiger partial charge on any atom is 0.418 e. The van der Waals surface area contributed by atoms with Gasteiger partial charge in [-0.3, -0.25) is 0 Å². The highest BCUT2D eigenvalue weighted by Gasteiger charge is 2.35. The molecule has 4 nitrogen and oxygen atoms in total. The molecule has 1 aliphatic rings. The largest absolute Gasteiger partial charge is 0.418 e. The van der Waals surface area contributed by atoms with Crippen molar-refractivity contribution in [2.45, 2.75) is 32.1 Å². The van der Waals surface area contributed by atoms with E-state index in [1.165, 1.54) is 18.2 Å². The number of fused-ring (bicyclic) bond motifs is 3. The molecular formula is C22H20F3N3O. The number of halogens is 3. The van der Waals surface area contributed by atoms with Crippen LogP contribution in [0, 0.1) is 0 Å². The second kappa shape index (κ2) is 7.31. The Morgan fingerprint density at radius 1 is 1.07 bits per heavy atom. The van der Waals surface area contributed by atoms with E-state index in [0.717, 1.165) is 23.0 Å². The van der Waals surface area contributed by atoms with E-state index in [-0.39, 0.29) is 11.7 Å². The maximum absolute atomic E-state index is 13.3. The lowest BCUT2D eigenvalue weighted by molar-refractivity contribution is -0.136. The van der Waals surface area contributed by atoms with Crippen LogP contribution in [-0.4, -0.2) is 15.5 Å². The van der Waals surface area contributed by atoms with E-state index < -0.39 is 17.8 Å². The number of urea groups is 1. The molecule has 0 radical (unpaired) electrons. The summed E-state index contributed by atoms with van der Waals surface area (Å²) in [6, 6.07) is 15.8. The lowest BCUT2D eigenvalue weighted by Gasteiger charge is -2.30. The molecule has 0 aliphatic carbocycles. The third-order valence-corrected chi connectivity index (χ3v) is 5.21. The third-order valence-electron chi connectivity index (χ3n) is 5.21. The number of nitrogens with zero attached hydrogens (tertiary/aromatic N) is 2. The van der Waals surface area contributed by atoms with E-state index >= 15 is 0 Å². The molecule has 2 aromatic carbocycles. The standard InChI is InChI=1S/C22H20F3N3O/c1-2-18-20-12-7-13-27(20)19-11-6-3-8-15(19)14-28(18)21(29)26-17-10-5-4-9-16(17)22(23,24)25/h3-13,18H,2,14H2,1H3,(H,26,29)/t18-/m0/s1. The Hall–Kier alpha value is -3.22. The van der Waals surface area contributed by atoms with Crippen LogP contribution in [0.25, 0.3) is 5.69 Å². The molecule has 0 fully saturated rings. The first-order chi connectivity index (χ1) is 13.9. The molecule has 4 rings (SSSR count). The maximum atomic E-state index is 13.3. The molecule has 1 aromatic heterocycles. The molecular weight excluding hydrogens is 379 g/mol. The van der Waals surface area contributed by atoms with Gasteiger partial charge in [0.25, 0.3) is 0 Å². The van der Waals surface area contributed by atoms with Crippen molar-refractivity contribution in [2.24, 2.45) is 0 Å². The van der Waals surface area contributed by atoms with Gasteiger partial charge in [-0.05, 0) is 42.3 Å². The summed E-state index contributed by atoms with van der Waals surface area (Å²) in [5.74, 6) is 0. The first-order valence-electron chi connectivity index (χ1n) is 9.39. The highest BCUT2D eigenvalue weighted by molar-refractivity contribution is 5.90. The summed E-state index contributed by atoms with van der Waals surface area (Å²) >= 11 is 0. The molecule has 0 spiro atoms. The Bertz CT molecular complexity index is 1040. The average molecular weight is 399 g/mol. The molecule has 150 valence electrons. The summed E-state index contributed by atoms with van der Waals surface area (Å²) in [5, 5.41) is 2.49. The zero-order chi connectivity index (χ0) is 20.6. The van der Waals surface area contributed by atoms with E-state index in [1.54, 1.807) is 4.90 Å². The molecule has 0 saturated heterocycles. The van der Waals surface area contributed by atoms with Crippen LogP contribution in [0.15, 0.2) is 66.9 Å². The lowest BCUT2D eigenvalue weighted by Crippen LogP contribution is -2.37. The van der Waals surface area contributed by atoms with Gasteiger partial charge in [-0.15, -0.1) is 0 Å². The third kappa shape index (κ3) is 3.48. The van der Waals surface area contributed by atoms with Gasteiger partial charge in [-0.1, -0.05) is 37.3 Å². The fourth-order valence-electron chi connectivity index (χ4n) is 3.89. The van der Waals surface area contributed by atoms with Crippen LogP contribution in [0.1, 0.15) is 36.2 Å². The van der Waals surface area contributed by atoms with E-state index in [0.29, 0.717) is 13.0 Å². The van der Waals surface area contributed by atoms with Crippen LogP contribution in [-0.2, 0) is 12.7 Å². The fraction of sp³-hybridized carbons (Fsp3) is 0.227. The molecule has 1 atom stereocenters. The molecule has 0 bridgehead atoms. The van der Waals surface area contributed by atoms with Gasteiger partial charge in [0, 0.05) is 11.9 Å². The molecule has 1 aliphatic heterocycles. The van der Waals surface area contributed by atoms with E-state index in [2.05, 4.69) is 5.32 Å². The van der Waals surface area contributed by atoms with E-state index in [4.69, 9.17) is 0 Å². The minimum Gasteiger partial charge on any atom is -0.318 e. The first kappa shape index (κ1) is 19.1. The molecule has 0 unspecified atom stereocenters. The second-order valence-electron chi connectivity index (χ2n) is 6.96. The monoisotopic (exact) mass is 399 g/mol. The number of carbonyl (C=O) groups excluding carboxylic acids is 1. The van der Waals surface area contributed by atoms with Crippen LogP contribution in [0.2, 0.25) is 0 Å². The predicted octanol–water partition coefficient (Wildman–Crippen LogP) is 5.99. The van der Waals surface area contributed by atoms with Crippen LogP contribution in [0.3, 0.4) is 0 Å². The van der Waals surface area contributed by atoms with Crippen molar-refractivity contribution in [3.8, 4) is 5.69 Å². The molecule has 29 heavy (non-hydrogen) atoms. The summed E-state index contributed by atoms with van der Waals surface area (Å²) in [7, 11) is 0. The number of para-hydroxylation sites is 2. The fourth-order valence-corrected chi connectivity index (χ4v) is 3.89. The van der Waals surface area contributed by atoms with Gasteiger partial charge in [0.2, 0.25) is 0 Å². The lowest BCUT2D eigenvalue weighted by atomic mass is 10.1. The number of rotatable bonds is 2. The highest BCUT2D eigenvalue weighted by Crippen LogP contribution is 2.37. The van der Waals surface area contributed by atoms with Crippen LogP contribution in [0.4, 0.5) is 23.7 Å². The SMILES string of the molecule is CC[C@H]1c2cccn2-c2ccccc2CN1C(=O)Nc1ccccc1C(F)(F)F. The van der Waals surface area contributed by atoms with Crippen molar-refractivity contribution >= 4 is 11.7 Å². The van der Waals surface area contributed by atoms with Crippen molar-refractivity contribution in [1.82, 2.24) is 9.47 Å². The van der Waals surface area contributed by atoms with Crippen molar-refractivity contribution in [1.29, 1.82) is 0 Å². The number of nitrogens with one attached hydrogen (secondary N) is 1. The summed E-state index contributed by atoms with van der Waals surface area (Å²) in [4.78, 5) is 14.8. The molecule has 1 N–H and O–H groups in total. The topological polar surface area (TPSA) is 37.3 Å². The quantitative estimate of drug-likeness (QED) is 0.564.